The van der Waals surface area contributed by atoms with Crippen LogP contribution in [-0.4, -0.2) is 33.4 Å². The molecule has 0 aliphatic heterocycles. The van der Waals surface area contributed by atoms with Gasteiger partial charge in [-0.05, 0) is 25.0 Å². The van der Waals surface area contributed by atoms with Crippen LogP contribution in [0.1, 0.15) is 33.6 Å². The molecular formula is C17H23ClN6O2S. The maximum absolute atomic E-state index is 11.2. The molecular weight excluding hydrogens is 388 g/mol. The summed E-state index contributed by atoms with van der Waals surface area (Å²) in [4.78, 5) is 21.8. The van der Waals surface area contributed by atoms with E-state index in [1.54, 1.807) is 6.20 Å². The number of aromatic nitrogens is 4. The van der Waals surface area contributed by atoms with E-state index in [2.05, 4.69) is 35.5 Å². The Bertz CT molecular complexity index is 982. The Hall–Kier alpha value is -2.65. The molecule has 3 aromatic heterocycles. The number of carbonyl (C=O) groups is 1. The van der Waals surface area contributed by atoms with Crippen LogP contribution in [0.3, 0.4) is 0 Å². The molecule has 0 aromatic carbocycles. The number of H-pyrrole nitrogens is 1. The number of hydrogen-bond donors (Lipinski definition) is 3. The highest BCUT2D eigenvalue weighted by Crippen LogP contribution is 2.40. The number of anilines is 2. The topological polar surface area (TPSA) is 105 Å². The molecule has 0 bridgehead atoms. The maximum Gasteiger partial charge on any atom is 0.407 e. The van der Waals surface area contributed by atoms with E-state index in [0.717, 1.165) is 15.4 Å². The van der Waals surface area contributed by atoms with Gasteiger partial charge in [0, 0.05) is 26.8 Å². The van der Waals surface area contributed by atoms with E-state index in [-0.39, 0.29) is 4.28 Å². The summed E-state index contributed by atoms with van der Waals surface area (Å²) < 4.78 is 4.57. The lowest BCUT2D eigenvalue weighted by Gasteiger charge is -2.05. The fraction of sp³-hybridized carbons (Fsp3) is 0.294. The molecule has 1 fully saturated rings. The number of ether oxygens (including phenoxy) is 1. The first-order valence-electron chi connectivity index (χ1n) is 8.38. The molecule has 0 unspecified atom stereocenters. The van der Waals surface area contributed by atoms with Gasteiger partial charge in [-0.2, -0.15) is 5.10 Å². The Morgan fingerprint density at radius 2 is 2.33 bits per heavy atom. The molecule has 0 radical (unpaired) electrons. The van der Waals surface area contributed by atoms with Gasteiger partial charge in [0.2, 0.25) is 0 Å². The highest BCUT2D eigenvalue weighted by molar-refractivity contribution is 7.15. The van der Waals surface area contributed by atoms with E-state index in [1.807, 2.05) is 18.2 Å². The minimum absolute atomic E-state index is 0. The lowest BCUT2D eigenvalue weighted by Crippen LogP contribution is -2.21. The van der Waals surface area contributed by atoms with Crippen molar-refractivity contribution < 1.29 is 13.8 Å². The molecule has 1 aliphatic carbocycles. The van der Waals surface area contributed by atoms with Crippen molar-refractivity contribution in [2.45, 2.75) is 25.3 Å². The summed E-state index contributed by atoms with van der Waals surface area (Å²) in [5.74, 6) is 2.32. The molecule has 146 valence electrons. The van der Waals surface area contributed by atoms with Crippen LogP contribution in [0.25, 0.3) is 10.7 Å². The van der Waals surface area contributed by atoms with Crippen LogP contribution in [0.4, 0.5) is 16.4 Å². The van der Waals surface area contributed by atoms with Crippen molar-refractivity contribution in [2.24, 2.45) is 0 Å². The normalized spacial score (nSPS) is 13.4. The second kappa shape index (κ2) is 7.53. The Kier molecular flexibility index (Phi) is 4.95. The molecule has 3 N–H and O–H groups in total. The highest BCUT2D eigenvalue weighted by atomic mass is 35.5. The predicted octanol–water partition coefficient (Wildman–Crippen LogP) is 4.80. The third-order valence-corrected chi connectivity index (χ3v) is 5.44. The molecule has 1 saturated carbocycles. The van der Waals surface area contributed by atoms with Gasteiger partial charge in [0.1, 0.15) is 5.02 Å². The number of amides is 1. The molecule has 1 aliphatic rings. The number of halogens is 1. The molecule has 0 atom stereocenters. The van der Waals surface area contributed by atoms with Crippen LogP contribution in [-0.2, 0) is 11.3 Å². The first kappa shape index (κ1) is 17.7. The molecule has 3 aromatic rings. The van der Waals surface area contributed by atoms with Gasteiger partial charge in [0.25, 0.3) is 0 Å². The second-order valence-corrected chi connectivity index (χ2v) is 7.68. The van der Waals surface area contributed by atoms with E-state index >= 15 is 0 Å². The average molecular weight is 411 g/mol. The summed E-state index contributed by atoms with van der Waals surface area (Å²) in [6.07, 6.45) is 3.49. The van der Waals surface area contributed by atoms with Crippen molar-refractivity contribution in [3.05, 3.63) is 40.0 Å². The molecule has 4 rings (SSSR count). The third-order valence-electron chi connectivity index (χ3n) is 4.08. The predicted molar refractivity (Wildman–Crippen MR) is 110 cm³/mol. The number of nitrogens with zero attached hydrogens (tertiary/aromatic N) is 3. The van der Waals surface area contributed by atoms with E-state index in [4.69, 9.17) is 11.6 Å². The lowest BCUT2D eigenvalue weighted by molar-refractivity contribution is 0.170. The van der Waals surface area contributed by atoms with Crippen molar-refractivity contribution in [3.63, 3.8) is 0 Å². The summed E-state index contributed by atoms with van der Waals surface area (Å²) in [5, 5.41) is 13.5. The number of nitrogens with one attached hydrogen (secondary N) is 3. The van der Waals surface area contributed by atoms with Crippen LogP contribution < -0.4 is 10.6 Å². The van der Waals surface area contributed by atoms with Crippen molar-refractivity contribution in [2.75, 3.05) is 12.4 Å². The van der Waals surface area contributed by atoms with Gasteiger partial charge >= 0.3 is 6.09 Å². The number of thiophene rings is 1. The van der Waals surface area contributed by atoms with Crippen molar-refractivity contribution in [1.82, 2.24) is 25.5 Å². The largest absolute Gasteiger partial charge is 0.453 e. The first-order chi connectivity index (χ1) is 13.1. The zero-order valence-corrected chi connectivity index (χ0v) is 16.0. The highest BCUT2D eigenvalue weighted by Gasteiger charge is 2.25. The maximum atomic E-state index is 11.2. The summed E-state index contributed by atoms with van der Waals surface area (Å²) in [5.41, 5.74) is 1.13. The first-order valence-corrected chi connectivity index (χ1v) is 9.57. The van der Waals surface area contributed by atoms with E-state index in [1.165, 1.54) is 31.3 Å². The van der Waals surface area contributed by atoms with Gasteiger partial charge in [0.15, 0.2) is 17.5 Å². The van der Waals surface area contributed by atoms with Gasteiger partial charge in [-0.3, -0.25) is 5.10 Å². The van der Waals surface area contributed by atoms with Gasteiger partial charge in [-0.15, -0.1) is 11.3 Å². The smallest absolute Gasteiger partial charge is 0.407 e. The van der Waals surface area contributed by atoms with Crippen LogP contribution >= 0.6 is 22.9 Å². The van der Waals surface area contributed by atoms with Gasteiger partial charge in [0.05, 0.1) is 24.7 Å². The third kappa shape index (κ3) is 4.20. The molecule has 27 heavy (non-hydrogen) atoms. The van der Waals surface area contributed by atoms with Crippen LogP contribution in [0.5, 0.6) is 0 Å². The second-order valence-electron chi connectivity index (χ2n) is 6.11. The summed E-state index contributed by atoms with van der Waals surface area (Å²) in [6, 6.07) is 5.81. The van der Waals surface area contributed by atoms with Gasteiger partial charge < -0.3 is 15.4 Å². The van der Waals surface area contributed by atoms with Crippen LogP contribution in [0, 0.1) is 0 Å². The van der Waals surface area contributed by atoms with E-state index < -0.39 is 6.09 Å². The fourth-order valence-electron chi connectivity index (χ4n) is 2.52. The van der Waals surface area contributed by atoms with Crippen molar-refractivity contribution >= 4 is 40.7 Å². The van der Waals surface area contributed by atoms with Gasteiger partial charge in [-0.25, -0.2) is 14.8 Å². The zero-order chi connectivity index (χ0) is 18.8. The molecule has 0 spiro atoms. The number of carbonyl (C=O) groups excluding carboxylic acids is 1. The summed E-state index contributed by atoms with van der Waals surface area (Å²) >= 11 is 7.73. The minimum Gasteiger partial charge on any atom is -0.453 e. The Balaban J connectivity index is 0.00000150. The van der Waals surface area contributed by atoms with Crippen LogP contribution in [0.2, 0.25) is 5.02 Å². The monoisotopic (exact) mass is 410 g/mol. The molecule has 3 heterocycles. The molecule has 0 saturated heterocycles. The fourth-order valence-corrected chi connectivity index (χ4v) is 3.55. The lowest BCUT2D eigenvalue weighted by atomic mass is 10.3. The average Bonchev–Trinajstić information content (AvgIpc) is 3.23. The Labute approximate surface area is 168 Å². The summed E-state index contributed by atoms with van der Waals surface area (Å²) in [7, 11) is 1.33. The van der Waals surface area contributed by atoms with Crippen LogP contribution in [0.15, 0.2) is 24.4 Å². The molecule has 1 amide bonds. The molecule has 10 heteroatoms. The summed E-state index contributed by atoms with van der Waals surface area (Å²) in [6.45, 7) is 0.382. The quantitative estimate of drug-likeness (QED) is 0.539. The van der Waals surface area contributed by atoms with E-state index in [0.29, 0.717) is 34.9 Å². The van der Waals surface area contributed by atoms with Crippen molar-refractivity contribution in [1.29, 1.82) is 0 Å². The SMILES string of the molecule is COC(=O)NCc1ccc(-c2ncc(Cl)c(Nc3cc(C4CC4)[nH]n3)n2)s1.[HH].[HH].[HH]. The van der Waals surface area contributed by atoms with E-state index in [9.17, 15) is 4.79 Å². The standard InChI is InChI=1S/C17H17ClN6O2S.3H2/c1-26-17(25)20-7-10-4-5-13(27-10)16-19-8-11(18)15(22-16)21-14-6-12(23-24-14)9-2-3-9;;;/h4-6,8-9H,2-3,7H2,1H3,(H,20,25)(H2,19,21,22,23,24);3*1H. The molecule has 8 nitrogen and oxygen atoms in total. The zero-order valence-electron chi connectivity index (χ0n) is 14.5. The van der Waals surface area contributed by atoms with Crippen molar-refractivity contribution in [3.8, 4) is 10.7 Å². The number of methoxy groups -OCH3 is 1. The minimum atomic E-state index is -0.469. The Morgan fingerprint density at radius 3 is 3.11 bits per heavy atom. The Morgan fingerprint density at radius 1 is 1.48 bits per heavy atom. The number of hydrogen-bond acceptors (Lipinski definition) is 7. The number of alkyl carbamates (subject to hydrolysis) is 1. The van der Waals surface area contributed by atoms with Gasteiger partial charge in [-0.1, -0.05) is 11.6 Å². The number of rotatable bonds is 6. The number of aromatic amines is 1.